The van der Waals surface area contributed by atoms with Crippen molar-refractivity contribution >= 4 is 6.09 Å². The van der Waals surface area contributed by atoms with Crippen LogP contribution in [0.25, 0.3) is 0 Å². The second kappa shape index (κ2) is 4.49. The molecule has 1 aromatic heterocycles. The van der Waals surface area contributed by atoms with Crippen molar-refractivity contribution in [1.82, 2.24) is 10.3 Å². The Balaban J connectivity index is 2.23. The molecule has 0 saturated carbocycles. The van der Waals surface area contributed by atoms with Gasteiger partial charge in [-0.15, -0.1) is 0 Å². The van der Waals surface area contributed by atoms with E-state index in [0.29, 0.717) is 12.2 Å². The third kappa shape index (κ3) is 3.59. The first kappa shape index (κ1) is 9.57. The van der Waals surface area contributed by atoms with Crippen molar-refractivity contribution in [3.63, 3.8) is 0 Å². The Hall–Kier alpha value is -1.52. The molecule has 0 aliphatic heterocycles. The van der Waals surface area contributed by atoms with Crippen LogP contribution in [0.2, 0.25) is 0 Å². The number of nitrogens with zero attached hydrogens (tertiary/aromatic N) is 1. The Morgan fingerprint density at radius 2 is 2.54 bits per heavy atom. The Bertz CT molecular complexity index is 256. The molecule has 0 aliphatic carbocycles. The summed E-state index contributed by atoms with van der Waals surface area (Å²) in [6, 6.07) is 0. The fourth-order valence-electron chi connectivity index (χ4n) is 0.743. The predicted molar refractivity (Wildman–Crippen MR) is 45.0 cm³/mol. The summed E-state index contributed by atoms with van der Waals surface area (Å²) >= 11 is 0. The van der Waals surface area contributed by atoms with Crippen molar-refractivity contribution in [3.05, 3.63) is 18.4 Å². The molecule has 13 heavy (non-hydrogen) atoms. The molecule has 72 valence electrons. The highest BCUT2D eigenvalue weighted by atomic mass is 16.6. The second-order valence-corrected chi connectivity index (χ2v) is 2.79. The molecule has 0 atom stereocenters. The van der Waals surface area contributed by atoms with Gasteiger partial charge in [-0.2, -0.15) is 0 Å². The molecule has 5 nitrogen and oxygen atoms in total. The molecule has 0 spiro atoms. The lowest BCUT2D eigenvalue weighted by molar-refractivity contribution is 0.115. The molecule has 0 aliphatic rings. The number of aromatic nitrogens is 1. The van der Waals surface area contributed by atoms with Crippen LogP contribution < -0.4 is 5.32 Å². The number of amides is 1. The monoisotopic (exact) mass is 184 g/mol. The number of oxazole rings is 1. The Labute approximate surface area is 76.1 Å². The lowest BCUT2D eigenvalue weighted by atomic mass is 10.5. The third-order valence-electron chi connectivity index (χ3n) is 1.24. The molecule has 0 bridgehead atoms. The van der Waals surface area contributed by atoms with E-state index in [1.165, 1.54) is 12.7 Å². The van der Waals surface area contributed by atoms with Gasteiger partial charge in [0.2, 0.25) is 0 Å². The Morgan fingerprint density at radius 1 is 1.77 bits per heavy atom. The van der Waals surface area contributed by atoms with Crippen LogP contribution in [0.1, 0.15) is 19.5 Å². The van der Waals surface area contributed by atoms with Gasteiger partial charge >= 0.3 is 6.09 Å². The first-order valence-electron chi connectivity index (χ1n) is 4.00. The van der Waals surface area contributed by atoms with E-state index in [2.05, 4.69) is 10.3 Å². The van der Waals surface area contributed by atoms with Gasteiger partial charge in [-0.05, 0) is 13.8 Å². The third-order valence-corrected chi connectivity index (χ3v) is 1.24. The normalized spacial score (nSPS) is 10.1. The largest absolute Gasteiger partial charge is 0.451 e. The number of hydrogen-bond acceptors (Lipinski definition) is 4. The van der Waals surface area contributed by atoms with Gasteiger partial charge in [-0.1, -0.05) is 0 Å². The molecule has 1 rings (SSSR count). The van der Waals surface area contributed by atoms with Crippen LogP contribution in [0.15, 0.2) is 17.1 Å². The van der Waals surface area contributed by atoms with Crippen LogP contribution in [-0.2, 0) is 11.3 Å². The van der Waals surface area contributed by atoms with Crippen LogP contribution in [0, 0.1) is 0 Å². The van der Waals surface area contributed by atoms with Crippen LogP contribution >= 0.6 is 0 Å². The molecule has 0 fully saturated rings. The van der Waals surface area contributed by atoms with Gasteiger partial charge in [0, 0.05) is 0 Å². The first-order valence-corrected chi connectivity index (χ1v) is 4.00. The minimum absolute atomic E-state index is 0.114. The summed E-state index contributed by atoms with van der Waals surface area (Å²) < 4.78 is 9.56. The van der Waals surface area contributed by atoms with E-state index in [1.807, 2.05) is 0 Å². The minimum atomic E-state index is -0.446. The van der Waals surface area contributed by atoms with Crippen molar-refractivity contribution in [3.8, 4) is 0 Å². The highest BCUT2D eigenvalue weighted by Crippen LogP contribution is 1.94. The van der Waals surface area contributed by atoms with E-state index >= 15 is 0 Å². The summed E-state index contributed by atoms with van der Waals surface area (Å²) in [4.78, 5) is 14.8. The molecule has 0 radical (unpaired) electrons. The highest BCUT2D eigenvalue weighted by Gasteiger charge is 2.04. The van der Waals surface area contributed by atoms with Crippen LogP contribution in [-0.4, -0.2) is 17.2 Å². The van der Waals surface area contributed by atoms with Crippen molar-refractivity contribution in [2.75, 3.05) is 0 Å². The molecular formula is C8H12N2O3. The molecule has 5 heteroatoms. The Morgan fingerprint density at radius 3 is 3.08 bits per heavy atom. The summed E-state index contributed by atoms with van der Waals surface area (Å²) in [5.74, 6) is 0. The Kier molecular flexibility index (Phi) is 3.31. The smallest absolute Gasteiger partial charge is 0.407 e. The van der Waals surface area contributed by atoms with Crippen LogP contribution in [0.5, 0.6) is 0 Å². The molecule has 1 heterocycles. The van der Waals surface area contributed by atoms with E-state index in [9.17, 15) is 4.79 Å². The van der Waals surface area contributed by atoms with Crippen LogP contribution in [0.3, 0.4) is 0 Å². The number of carbonyl (C=O) groups is 1. The van der Waals surface area contributed by atoms with Crippen molar-refractivity contribution in [2.24, 2.45) is 0 Å². The standard InChI is InChI=1S/C8H12N2O3/c1-6(2)13-8(11)9-3-7-4-12-5-10-7/h4-6H,3H2,1-2H3,(H,9,11). The molecule has 1 amide bonds. The van der Waals surface area contributed by atoms with Gasteiger partial charge in [0.25, 0.3) is 0 Å². The van der Waals surface area contributed by atoms with Gasteiger partial charge in [0.05, 0.1) is 18.3 Å². The number of nitrogens with one attached hydrogen (secondary N) is 1. The van der Waals surface area contributed by atoms with Gasteiger partial charge in [-0.3, -0.25) is 0 Å². The topological polar surface area (TPSA) is 64.4 Å². The van der Waals surface area contributed by atoms with E-state index in [-0.39, 0.29) is 6.10 Å². The van der Waals surface area contributed by atoms with Crippen molar-refractivity contribution < 1.29 is 13.9 Å². The average Bonchev–Trinajstić information content (AvgIpc) is 2.51. The predicted octanol–water partition coefficient (Wildman–Crippen LogP) is 1.31. The number of ether oxygens (including phenoxy) is 1. The van der Waals surface area contributed by atoms with Crippen LogP contribution in [0.4, 0.5) is 4.79 Å². The van der Waals surface area contributed by atoms with Gasteiger partial charge < -0.3 is 14.5 Å². The molecular weight excluding hydrogens is 172 g/mol. The molecule has 1 N–H and O–H groups in total. The van der Waals surface area contributed by atoms with E-state index < -0.39 is 6.09 Å². The maximum atomic E-state index is 11.0. The van der Waals surface area contributed by atoms with E-state index in [4.69, 9.17) is 9.15 Å². The highest BCUT2D eigenvalue weighted by molar-refractivity contribution is 5.67. The summed E-state index contributed by atoms with van der Waals surface area (Å²) in [6.07, 6.45) is 2.22. The quantitative estimate of drug-likeness (QED) is 0.769. The number of rotatable bonds is 3. The first-order chi connectivity index (χ1) is 6.18. The summed E-state index contributed by atoms with van der Waals surface area (Å²) in [5, 5.41) is 2.53. The zero-order chi connectivity index (χ0) is 9.68. The number of hydrogen-bond donors (Lipinski definition) is 1. The lowest BCUT2D eigenvalue weighted by Gasteiger charge is -2.07. The molecule has 1 aromatic rings. The molecule has 0 saturated heterocycles. The number of alkyl carbamates (subject to hydrolysis) is 1. The zero-order valence-electron chi connectivity index (χ0n) is 7.61. The van der Waals surface area contributed by atoms with E-state index in [0.717, 1.165) is 0 Å². The maximum absolute atomic E-state index is 11.0. The van der Waals surface area contributed by atoms with E-state index in [1.54, 1.807) is 13.8 Å². The number of carbonyl (C=O) groups excluding carboxylic acids is 1. The fraction of sp³-hybridized carbons (Fsp3) is 0.500. The summed E-state index contributed by atoms with van der Waals surface area (Å²) in [5.41, 5.74) is 0.667. The van der Waals surface area contributed by atoms with Gasteiger partial charge in [0.1, 0.15) is 6.26 Å². The van der Waals surface area contributed by atoms with Crippen molar-refractivity contribution in [2.45, 2.75) is 26.5 Å². The lowest BCUT2D eigenvalue weighted by Crippen LogP contribution is -2.26. The maximum Gasteiger partial charge on any atom is 0.407 e. The fourth-order valence-corrected chi connectivity index (χ4v) is 0.743. The van der Waals surface area contributed by atoms with Gasteiger partial charge in [-0.25, -0.2) is 9.78 Å². The zero-order valence-corrected chi connectivity index (χ0v) is 7.61. The molecule has 0 aromatic carbocycles. The summed E-state index contributed by atoms with van der Waals surface area (Å²) in [6.45, 7) is 3.90. The second-order valence-electron chi connectivity index (χ2n) is 2.79. The van der Waals surface area contributed by atoms with Crippen molar-refractivity contribution in [1.29, 1.82) is 0 Å². The SMILES string of the molecule is CC(C)OC(=O)NCc1cocn1. The minimum Gasteiger partial charge on any atom is -0.451 e. The average molecular weight is 184 g/mol. The van der Waals surface area contributed by atoms with Gasteiger partial charge in [0.15, 0.2) is 6.39 Å². The molecule has 0 unspecified atom stereocenters. The summed E-state index contributed by atoms with van der Waals surface area (Å²) in [7, 11) is 0.